The quantitative estimate of drug-likeness (QED) is 0.700. The summed E-state index contributed by atoms with van der Waals surface area (Å²) in [5, 5.41) is 6.02. The number of hydrogen-bond acceptors (Lipinski definition) is 2. The summed E-state index contributed by atoms with van der Waals surface area (Å²) < 4.78 is 1.30. The molecule has 0 bridgehead atoms. The van der Waals surface area contributed by atoms with E-state index in [1.165, 1.54) is 60.7 Å². The second kappa shape index (κ2) is 8.43. The first-order valence-corrected chi connectivity index (χ1v) is 9.46. The van der Waals surface area contributed by atoms with Crippen LogP contribution in [0.3, 0.4) is 0 Å². The highest BCUT2D eigenvalue weighted by atomic mass is 79.9. The van der Waals surface area contributed by atoms with E-state index in [0.717, 1.165) is 12.5 Å². The lowest BCUT2D eigenvalue weighted by molar-refractivity contribution is 0.291. The largest absolute Gasteiger partial charge is 0.309 e. The minimum atomic E-state index is 0.562. The Morgan fingerprint density at radius 3 is 2.53 bits per heavy atom. The van der Waals surface area contributed by atoms with Crippen LogP contribution >= 0.6 is 27.3 Å². The molecule has 0 saturated heterocycles. The molecule has 108 valence electrons. The Bertz CT molecular complexity index is 355. The summed E-state index contributed by atoms with van der Waals surface area (Å²) in [6, 6.07) is 2.76. The second-order valence-corrected chi connectivity index (χ2v) is 7.47. The van der Waals surface area contributed by atoms with Gasteiger partial charge >= 0.3 is 0 Å². The Kier molecular flexibility index (Phi) is 6.89. The van der Waals surface area contributed by atoms with Gasteiger partial charge in [0.15, 0.2) is 0 Å². The van der Waals surface area contributed by atoms with Crippen molar-refractivity contribution in [3.63, 3.8) is 0 Å². The first kappa shape index (κ1) is 15.5. The zero-order valence-corrected chi connectivity index (χ0v) is 14.4. The molecule has 3 heteroatoms. The highest BCUT2D eigenvalue weighted by molar-refractivity contribution is 9.10. The van der Waals surface area contributed by atoms with Crippen molar-refractivity contribution < 1.29 is 0 Å². The minimum absolute atomic E-state index is 0.562. The number of hydrogen-bond donors (Lipinski definition) is 1. The van der Waals surface area contributed by atoms with Gasteiger partial charge in [-0.2, -0.15) is 0 Å². The molecule has 0 spiro atoms. The van der Waals surface area contributed by atoms with Crippen molar-refractivity contribution in [2.24, 2.45) is 5.92 Å². The molecule has 19 heavy (non-hydrogen) atoms. The maximum absolute atomic E-state index is 3.81. The van der Waals surface area contributed by atoms with Crippen LogP contribution in [0.5, 0.6) is 0 Å². The van der Waals surface area contributed by atoms with Crippen LogP contribution in [-0.2, 0) is 0 Å². The number of rotatable bonds is 5. The van der Waals surface area contributed by atoms with E-state index in [0.29, 0.717) is 6.04 Å². The van der Waals surface area contributed by atoms with Crippen LogP contribution < -0.4 is 5.32 Å². The Balaban J connectivity index is 2.08. The van der Waals surface area contributed by atoms with Gasteiger partial charge in [0.05, 0.1) is 0 Å². The predicted molar refractivity (Wildman–Crippen MR) is 88.9 cm³/mol. The molecule has 0 aliphatic heterocycles. The summed E-state index contributed by atoms with van der Waals surface area (Å²) in [5.41, 5.74) is 0. The van der Waals surface area contributed by atoms with Crippen LogP contribution in [-0.4, -0.2) is 6.54 Å². The standard InChI is InChI=1S/C16H26BrNS/c1-2-11-18-15(16-14(17)10-12-19-16)13-8-6-4-3-5-7-9-13/h10,12-13,15,18H,2-9,11H2,1H3. The van der Waals surface area contributed by atoms with E-state index in [2.05, 4.69) is 39.6 Å². The van der Waals surface area contributed by atoms with E-state index < -0.39 is 0 Å². The fourth-order valence-corrected chi connectivity index (χ4v) is 4.91. The molecule has 2 rings (SSSR count). The minimum Gasteiger partial charge on any atom is -0.309 e. The lowest BCUT2D eigenvalue weighted by Crippen LogP contribution is -2.29. The highest BCUT2D eigenvalue weighted by Gasteiger charge is 2.25. The molecule has 0 radical (unpaired) electrons. The third-order valence-corrected chi connectivity index (χ3v) is 6.12. The topological polar surface area (TPSA) is 12.0 Å². The zero-order chi connectivity index (χ0) is 13.5. The average molecular weight is 344 g/mol. The van der Waals surface area contributed by atoms with Gasteiger partial charge in [-0.25, -0.2) is 0 Å². The SMILES string of the molecule is CCCNC(c1sccc1Br)C1CCCCCCC1. The van der Waals surface area contributed by atoms with Crippen molar-refractivity contribution in [3.8, 4) is 0 Å². The van der Waals surface area contributed by atoms with E-state index in [1.54, 1.807) is 0 Å². The maximum Gasteiger partial charge on any atom is 0.0454 e. The molecular weight excluding hydrogens is 318 g/mol. The van der Waals surface area contributed by atoms with E-state index in [9.17, 15) is 0 Å². The van der Waals surface area contributed by atoms with Gasteiger partial charge in [-0.3, -0.25) is 0 Å². The Morgan fingerprint density at radius 2 is 1.95 bits per heavy atom. The van der Waals surface area contributed by atoms with Crippen LogP contribution in [0, 0.1) is 5.92 Å². The van der Waals surface area contributed by atoms with Gasteiger partial charge < -0.3 is 5.32 Å². The smallest absolute Gasteiger partial charge is 0.0454 e. The monoisotopic (exact) mass is 343 g/mol. The molecule has 1 saturated carbocycles. The lowest BCUT2D eigenvalue weighted by Gasteiger charge is -2.29. The maximum atomic E-state index is 3.81. The summed E-state index contributed by atoms with van der Waals surface area (Å²) in [6.45, 7) is 3.39. The molecule has 1 N–H and O–H groups in total. The molecule has 1 aromatic rings. The number of thiophene rings is 1. The van der Waals surface area contributed by atoms with Crippen LogP contribution in [0.25, 0.3) is 0 Å². The molecule has 1 aliphatic rings. The average Bonchev–Trinajstić information content (AvgIpc) is 2.78. The fraction of sp³-hybridized carbons (Fsp3) is 0.750. The Labute approximate surface area is 130 Å². The summed E-state index contributed by atoms with van der Waals surface area (Å²) in [6.07, 6.45) is 11.1. The van der Waals surface area contributed by atoms with Gasteiger partial charge in [0.25, 0.3) is 0 Å². The van der Waals surface area contributed by atoms with Crippen molar-refractivity contribution in [2.75, 3.05) is 6.54 Å². The number of nitrogens with one attached hydrogen (secondary N) is 1. The summed E-state index contributed by atoms with van der Waals surface area (Å²) in [7, 11) is 0. The van der Waals surface area contributed by atoms with Crippen LogP contribution in [0.2, 0.25) is 0 Å². The molecule has 0 amide bonds. The van der Waals surface area contributed by atoms with E-state index in [1.807, 2.05) is 11.3 Å². The Morgan fingerprint density at radius 1 is 1.26 bits per heavy atom. The second-order valence-electron chi connectivity index (χ2n) is 5.67. The van der Waals surface area contributed by atoms with E-state index >= 15 is 0 Å². The Hall–Kier alpha value is 0.140. The molecular formula is C16H26BrNS. The molecule has 1 unspecified atom stereocenters. The summed E-state index contributed by atoms with van der Waals surface area (Å²) >= 11 is 5.64. The summed E-state index contributed by atoms with van der Waals surface area (Å²) in [4.78, 5) is 1.51. The van der Waals surface area contributed by atoms with Crippen molar-refractivity contribution in [2.45, 2.75) is 64.3 Å². The first-order valence-electron chi connectivity index (χ1n) is 7.79. The molecule has 0 aromatic carbocycles. The normalized spacial score (nSPS) is 19.9. The molecule has 1 fully saturated rings. The van der Waals surface area contributed by atoms with Crippen LogP contribution in [0.4, 0.5) is 0 Å². The molecule has 1 nitrogen and oxygen atoms in total. The fourth-order valence-electron chi connectivity index (χ4n) is 3.12. The van der Waals surface area contributed by atoms with Gasteiger partial charge in [-0.05, 0) is 59.1 Å². The molecule has 1 heterocycles. The molecule has 1 aliphatic carbocycles. The molecule has 1 atom stereocenters. The van der Waals surface area contributed by atoms with Gasteiger partial charge in [0, 0.05) is 15.4 Å². The van der Waals surface area contributed by atoms with Gasteiger partial charge in [-0.15, -0.1) is 11.3 Å². The third kappa shape index (κ3) is 4.57. The lowest BCUT2D eigenvalue weighted by atomic mass is 9.85. The van der Waals surface area contributed by atoms with Gasteiger partial charge in [0.1, 0.15) is 0 Å². The first-order chi connectivity index (χ1) is 9.33. The van der Waals surface area contributed by atoms with Crippen molar-refractivity contribution in [1.82, 2.24) is 5.32 Å². The highest BCUT2D eigenvalue weighted by Crippen LogP contribution is 2.38. The zero-order valence-electron chi connectivity index (χ0n) is 12.0. The predicted octanol–water partition coefficient (Wildman–Crippen LogP) is 5.91. The van der Waals surface area contributed by atoms with Crippen molar-refractivity contribution in [1.29, 1.82) is 0 Å². The van der Waals surface area contributed by atoms with Gasteiger partial charge in [-0.1, -0.05) is 39.0 Å². The third-order valence-electron chi connectivity index (χ3n) is 4.16. The van der Waals surface area contributed by atoms with E-state index in [-0.39, 0.29) is 0 Å². The molecule has 1 aromatic heterocycles. The van der Waals surface area contributed by atoms with Gasteiger partial charge in [0.2, 0.25) is 0 Å². The van der Waals surface area contributed by atoms with Crippen molar-refractivity contribution >= 4 is 27.3 Å². The summed E-state index contributed by atoms with van der Waals surface area (Å²) in [5.74, 6) is 0.821. The van der Waals surface area contributed by atoms with E-state index in [4.69, 9.17) is 0 Å². The number of halogens is 1. The van der Waals surface area contributed by atoms with Crippen LogP contribution in [0.15, 0.2) is 15.9 Å². The van der Waals surface area contributed by atoms with Crippen molar-refractivity contribution in [3.05, 3.63) is 20.8 Å². The van der Waals surface area contributed by atoms with Crippen LogP contribution in [0.1, 0.15) is 69.2 Å².